The van der Waals surface area contributed by atoms with Gasteiger partial charge in [-0.3, -0.25) is 25.0 Å². The van der Waals surface area contributed by atoms with Crippen LogP contribution >= 0.6 is 0 Å². The molecule has 0 aliphatic rings. The molecule has 8 nitrogen and oxygen atoms in total. The van der Waals surface area contributed by atoms with Gasteiger partial charge in [0.15, 0.2) is 0 Å². The van der Waals surface area contributed by atoms with Crippen LogP contribution in [0.25, 0.3) is 6.08 Å². The molecule has 0 spiro atoms. The van der Waals surface area contributed by atoms with Gasteiger partial charge in [0.2, 0.25) is 5.70 Å². The second-order valence-corrected chi connectivity index (χ2v) is 3.82. The first-order valence-corrected chi connectivity index (χ1v) is 5.60. The highest BCUT2D eigenvalue weighted by atomic mass is 16.6. The number of non-ortho nitro benzene ring substituents is 1. The molecule has 0 N–H and O–H groups in total. The van der Waals surface area contributed by atoms with Crippen molar-refractivity contribution >= 4 is 17.7 Å². The van der Waals surface area contributed by atoms with Crippen molar-refractivity contribution in [1.82, 2.24) is 0 Å². The molecule has 8 heteroatoms. The van der Waals surface area contributed by atoms with Crippen LogP contribution in [0.4, 0.5) is 5.69 Å². The SMILES string of the molecule is COC(=O)CC/C(=C/c1cccc([N+](=O)[O-])c1)[N+](=O)[O-]. The van der Waals surface area contributed by atoms with E-state index in [-0.39, 0.29) is 24.2 Å². The lowest BCUT2D eigenvalue weighted by molar-refractivity contribution is -0.426. The maximum Gasteiger partial charge on any atom is 0.306 e. The maximum atomic E-state index is 11.0. The number of hydrogen-bond donors (Lipinski definition) is 0. The van der Waals surface area contributed by atoms with Gasteiger partial charge in [-0.25, -0.2) is 0 Å². The monoisotopic (exact) mass is 280 g/mol. The number of methoxy groups -OCH3 is 1. The normalized spacial score (nSPS) is 10.9. The Kier molecular flexibility index (Phi) is 5.33. The number of benzene rings is 1. The van der Waals surface area contributed by atoms with E-state index < -0.39 is 15.8 Å². The lowest BCUT2D eigenvalue weighted by Gasteiger charge is -1.99. The lowest BCUT2D eigenvalue weighted by atomic mass is 10.1. The van der Waals surface area contributed by atoms with Crippen molar-refractivity contribution < 1.29 is 19.4 Å². The van der Waals surface area contributed by atoms with Crippen molar-refractivity contribution in [3.63, 3.8) is 0 Å². The summed E-state index contributed by atoms with van der Waals surface area (Å²) >= 11 is 0. The molecule has 1 rings (SSSR count). The zero-order chi connectivity index (χ0) is 15.1. The number of carbonyl (C=O) groups is 1. The predicted molar refractivity (Wildman–Crippen MR) is 69.3 cm³/mol. The van der Waals surface area contributed by atoms with Gasteiger partial charge in [0, 0.05) is 24.6 Å². The van der Waals surface area contributed by atoms with Gasteiger partial charge in [-0.2, -0.15) is 0 Å². The third kappa shape index (κ3) is 4.48. The average Bonchev–Trinajstić information content (AvgIpc) is 2.42. The van der Waals surface area contributed by atoms with Crippen LogP contribution in [-0.4, -0.2) is 22.9 Å². The van der Waals surface area contributed by atoms with Crippen molar-refractivity contribution in [2.24, 2.45) is 0 Å². The average molecular weight is 280 g/mol. The Morgan fingerprint density at radius 3 is 2.55 bits per heavy atom. The second kappa shape index (κ2) is 6.98. The maximum absolute atomic E-state index is 11.0. The number of nitro benzene ring substituents is 1. The van der Waals surface area contributed by atoms with Gasteiger partial charge in [0.25, 0.3) is 5.69 Å². The van der Waals surface area contributed by atoms with Gasteiger partial charge in [0.05, 0.1) is 23.4 Å². The summed E-state index contributed by atoms with van der Waals surface area (Å²) in [6, 6.07) is 5.45. The number of carbonyl (C=O) groups excluding carboxylic acids is 1. The molecule has 0 unspecified atom stereocenters. The van der Waals surface area contributed by atoms with E-state index in [2.05, 4.69) is 4.74 Å². The van der Waals surface area contributed by atoms with Gasteiger partial charge >= 0.3 is 5.97 Å². The number of ether oxygens (including phenoxy) is 1. The molecule has 106 valence electrons. The fraction of sp³-hybridized carbons (Fsp3) is 0.250. The minimum Gasteiger partial charge on any atom is -0.469 e. The topological polar surface area (TPSA) is 113 Å². The predicted octanol–water partition coefficient (Wildman–Crippen LogP) is 2.17. The molecule has 0 saturated heterocycles. The number of allylic oxidation sites excluding steroid dienone is 1. The molecule has 0 fully saturated rings. The molecule has 1 aromatic rings. The van der Waals surface area contributed by atoms with E-state index >= 15 is 0 Å². The summed E-state index contributed by atoms with van der Waals surface area (Å²) in [5.41, 5.74) is -0.0407. The fourth-order valence-electron chi connectivity index (χ4n) is 1.47. The largest absolute Gasteiger partial charge is 0.469 e. The standard InChI is InChI=1S/C12H12N2O6/c1-20-12(15)6-5-11(14(18)19)8-9-3-2-4-10(7-9)13(16)17/h2-4,7-8H,5-6H2,1H3/b11-8-. The molecule has 0 heterocycles. The third-order valence-corrected chi connectivity index (χ3v) is 2.46. The molecule has 0 atom stereocenters. The van der Waals surface area contributed by atoms with Crippen molar-refractivity contribution in [3.05, 3.63) is 55.8 Å². The molecule has 1 aromatic carbocycles. The van der Waals surface area contributed by atoms with Crippen molar-refractivity contribution in [3.8, 4) is 0 Å². The quantitative estimate of drug-likeness (QED) is 0.448. The van der Waals surface area contributed by atoms with Gasteiger partial charge < -0.3 is 4.74 Å². The lowest BCUT2D eigenvalue weighted by Crippen LogP contribution is -2.05. The first-order valence-electron chi connectivity index (χ1n) is 5.60. The van der Waals surface area contributed by atoms with Gasteiger partial charge in [-0.1, -0.05) is 12.1 Å². The molecular weight excluding hydrogens is 268 g/mol. The fourth-order valence-corrected chi connectivity index (χ4v) is 1.47. The van der Waals surface area contributed by atoms with Crippen LogP contribution in [0.1, 0.15) is 18.4 Å². The van der Waals surface area contributed by atoms with Crippen LogP contribution in [0.3, 0.4) is 0 Å². The minimum absolute atomic E-state index is 0.109. The summed E-state index contributed by atoms with van der Waals surface area (Å²) in [5, 5.41) is 21.5. The first kappa shape index (κ1) is 15.3. The van der Waals surface area contributed by atoms with Gasteiger partial charge in [0.1, 0.15) is 0 Å². The molecule has 20 heavy (non-hydrogen) atoms. The van der Waals surface area contributed by atoms with E-state index in [0.717, 1.165) is 0 Å². The van der Waals surface area contributed by atoms with Gasteiger partial charge in [-0.05, 0) is 5.56 Å². The highest BCUT2D eigenvalue weighted by molar-refractivity contribution is 5.69. The third-order valence-electron chi connectivity index (χ3n) is 2.46. The van der Waals surface area contributed by atoms with Crippen LogP contribution in [0.15, 0.2) is 30.0 Å². The zero-order valence-electron chi connectivity index (χ0n) is 10.6. The Bertz CT molecular complexity index is 567. The Labute approximate surface area is 114 Å². The molecule has 0 aliphatic heterocycles. The summed E-state index contributed by atoms with van der Waals surface area (Å²) in [6.45, 7) is 0. The van der Waals surface area contributed by atoms with Crippen molar-refractivity contribution in [1.29, 1.82) is 0 Å². The number of esters is 1. The molecule has 0 saturated carbocycles. The van der Waals surface area contributed by atoms with Crippen LogP contribution in [0, 0.1) is 20.2 Å². The van der Waals surface area contributed by atoms with Crippen LogP contribution in [0.2, 0.25) is 0 Å². The number of hydrogen-bond acceptors (Lipinski definition) is 6. The number of nitrogens with zero attached hydrogens (tertiary/aromatic N) is 2. The van der Waals surface area contributed by atoms with Crippen LogP contribution < -0.4 is 0 Å². The van der Waals surface area contributed by atoms with Gasteiger partial charge in [-0.15, -0.1) is 0 Å². The van der Waals surface area contributed by atoms with E-state index in [0.29, 0.717) is 5.56 Å². The van der Waals surface area contributed by atoms with Crippen molar-refractivity contribution in [2.45, 2.75) is 12.8 Å². The molecule has 0 bridgehead atoms. The number of nitro groups is 2. The molecule has 0 amide bonds. The van der Waals surface area contributed by atoms with Crippen LogP contribution in [0.5, 0.6) is 0 Å². The van der Waals surface area contributed by atoms with Crippen LogP contribution in [-0.2, 0) is 9.53 Å². The highest BCUT2D eigenvalue weighted by Gasteiger charge is 2.14. The number of rotatable bonds is 6. The first-order chi connectivity index (χ1) is 9.43. The van der Waals surface area contributed by atoms with E-state index in [9.17, 15) is 25.0 Å². The second-order valence-electron chi connectivity index (χ2n) is 3.82. The summed E-state index contributed by atoms with van der Waals surface area (Å²) in [4.78, 5) is 31.3. The van der Waals surface area contributed by atoms with Crippen molar-refractivity contribution in [2.75, 3.05) is 7.11 Å². The highest BCUT2D eigenvalue weighted by Crippen LogP contribution is 2.18. The van der Waals surface area contributed by atoms with E-state index in [4.69, 9.17) is 0 Å². The Morgan fingerprint density at radius 2 is 2.00 bits per heavy atom. The van der Waals surface area contributed by atoms with E-state index in [1.165, 1.54) is 37.5 Å². The Hall–Kier alpha value is -2.77. The summed E-state index contributed by atoms with van der Waals surface area (Å²) in [7, 11) is 1.19. The van der Waals surface area contributed by atoms with E-state index in [1.54, 1.807) is 0 Å². The Morgan fingerprint density at radius 1 is 1.30 bits per heavy atom. The Balaban J connectivity index is 2.96. The zero-order valence-corrected chi connectivity index (χ0v) is 10.6. The summed E-state index contributed by atoms with van der Waals surface area (Å²) in [5.74, 6) is -0.559. The molecule has 0 aliphatic carbocycles. The van der Waals surface area contributed by atoms with E-state index in [1.807, 2.05) is 0 Å². The smallest absolute Gasteiger partial charge is 0.306 e. The summed E-state index contributed by atoms with van der Waals surface area (Å²) < 4.78 is 4.40. The molecular formula is C12H12N2O6. The summed E-state index contributed by atoms with van der Waals surface area (Å²) in [6.07, 6.45) is 0.969. The molecule has 0 radical (unpaired) electrons. The minimum atomic E-state index is -0.623. The molecule has 0 aromatic heterocycles.